The van der Waals surface area contributed by atoms with Gasteiger partial charge in [-0.3, -0.25) is 9.97 Å². The van der Waals surface area contributed by atoms with Gasteiger partial charge < -0.3 is 0 Å². The molecule has 0 aliphatic rings. The molecular formula is C13H16N2. The second-order valence-electron chi connectivity index (χ2n) is 4.10. The molecule has 0 spiro atoms. The maximum Gasteiger partial charge on any atom is 0.0888 e. The van der Waals surface area contributed by atoms with Crippen molar-refractivity contribution in [2.24, 2.45) is 0 Å². The zero-order valence-corrected chi connectivity index (χ0v) is 9.49. The average molecular weight is 200 g/mol. The number of aromatic nitrogens is 2. The molecular weight excluding hydrogens is 184 g/mol. The average Bonchev–Trinajstić information content (AvgIpc) is 2.27. The van der Waals surface area contributed by atoms with E-state index >= 15 is 0 Å². The summed E-state index contributed by atoms with van der Waals surface area (Å²) in [5, 5.41) is 1.19. The molecule has 2 aromatic heterocycles. The Hall–Kier alpha value is -1.44. The van der Waals surface area contributed by atoms with Gasteiger partial charge in [-0.15, -0.1) is 0 Å². The van der Waals surface area contributed by atoms with Crippen LogP contribution in [0, 0.1) is 0 Å². The summed E-state index contributed by atoms with van der Waals surface area (Å²) in [4.78, 5) is 8.75. The van der Waals surface area contributed by atoms with Gasteiger partial charge in [-0.2, -0.15) is 0 Å². The van der Waals surface area contributed by atoms with E-state index in [0.717, 1.165) is 11.9 Å². The van der Waals surface area contributed by atoms with Crippen LogP contribution in [-0.2, 0) is 6.42 Å². The molecule has 0 aliphatic carbocycles. The van der Waals surface area contributed by atoms with Crippen molar-refractivity contribution in [1.82, 2.24) is 9.97 Å². The fourth-order valence-corrected chi connectivity index (χ4v) is 1.86. The van der Waals surface area contributed by atoms with Crippen molar-refractivity contribution in [1.29, 1.82) is 0 Å². The van der Waals surface area contributed by atoms with Crippen molar-refractivity contribution < 1.29 is 0 Å². The van der Waals surface area contributed by atoms with Crippen LogP contribution in [0.4, 0.5) is 0 Å². The smallest absolute Gasteiger partial charge is 0.0888 e. The highest BCUT2D eigenvalue weighted by molar-refractivity contribution is 5.78. The van der Waals surface area contributed by atoms with Gasteiger partial charge in [0.05, 0.1) is 11.7 Å². The summed E-state index contributed by atoms with van der Waals surface area (Å²) in [5.74, 6) is 0.532. The predicted molar refractivity (Wildman–Crippen MR) is 63.0 cm³/mol. The minimum absolute atomic E-state index is 0.532. The van der Waals surface area contributed by atoms with E-state index in [1.807, 2.05) is 18.5 Å². The largest absolute Gasteiger partial charge is 0.262 e. The maximum atomic E-state index is 4.65. The van der Waals surface area contributed by atoms with Crippen molar-refractivity contribution in [3.63, 3.8) is 0 Å². The molecule has 2 heteroatoms. The van der Waals surface area contributed by atoms with Crippen molar-refractivity contribution in [2.45, 2.75) is 33.1 Å². The van der Waals surface area contributed by atoms with Gasteiger partial charge in [-0.25, -0.2) is 0 Å². The highest BCUT2D eigenvalue weighted by Gasteiger charge is 2.08. The molecule has 2 rings (SSSR count). The van der Waals surface area contributed by atoms with Crippen LogP contribution in [0.2, 0.25) is 0 Å². The van der Waals surface area contributed by atoms with Crippen LogP contribution in [0.5, 0.6) is 0 Å². The molecule has 0 saturated heterocycles. The van der Waals surface area contributed by atoms with E-state index in [-0.39, 0.29) is 0 Å². The number of pyridine rings is 2. The molecule has 2 nitrogen and oxygen atoms in total. The van der Waals surface area contributed by atoms with Crippen molar-refractivity contribution in [2.75, 3.05) is 0 Å². The molecule has 15 heavy (non-hydrogen) atoms. The Morgan fingerprint density at radius 2 is 2.13 bits per heavy atom. The first-order valence-corrected chi connectivity index (χ1v) is 5.46. The molecule has 0 atom stereocenters. The first-order chi connectivity index (χ1) is 7.22. The van der Waals surface area contributed by atoms with Crippen molar-refractivity contribution in [3.05, 3.63) is 35.8 Å². The number of fused-ring (bicyclic) bond motifs is 1. The van der Waals surface area contributed by atoms with E-state index in [1.165, 1.54) is 16.6 Å². The lowest BCUT2D eigenvalue weighted by Gasteiger charge is -2.11. The number of hydrogen-bond donors (Lipinski definition) is 0. The molecule has 78 valence electrons. The SMILES string of the molecule is CCc1nc2cnccc2cc1C(C)C. The zero-order chi connectivity index (χ0) is 10.8. The highest BCUT2D eigenvalue weighted by Crippen LogP contribution is 2.22. The van der Waals surface area contributed by atoms with E-state index in [4.69, 9.17) is 0 Å². The van der Waals surface area contributed by atoms with Crippen molar-refractivity contribution in [3.8, 4) is 0 Å². The lowest BCUT2D eigenvalue weighted by atomic mass is 9.98. The molecule has 0 saturated carbocycles. The van der Waals surface area contributed by atoms with Crippen LogP contribution < -0.4 is 0 Å². The van der Waals surface area contributed by atoms with Gasteiger partial charge in [0.2, 0.25) is 0 Å². The van der Waals surface area contributed by atoms with Gasteiger partial charge >= 0.3 is 0 Å². The van der Waals surface area contributed by atoms with E-state index in [9.17, 15) is 0 Å². The normalized spacial score (nSPS) is 11.2. The number of nitrogens with zero attached hydrogens (tertiary/aromatic N) is 2. The fourth-order valence-electron chi connectivity index (χ4n) is 1.86. The third kappa shape index (κ3) is 1.84. The Kier molecular flexibility index (Phi) is 2.67. The lowest BCUT2D eigenvalue weighted by molar-refractivity contribution is 0.830. The second kappa shape index (κ2) is 3.97. The summed E-state index contributed by atoms with van der Waals surface area (Å²) in [6.07, 6.45) is 4.64. The first-order valence-electron chi connectivity index (χ1n) is 5.46. The van der Waals surface area contributed by atoms with Crippen LogP contribution in [0.1, 0.15) is 37.9 Å². The topological polar surface area (TPSA) is 25.8 Å². The van der Waals surface area contributed by atoms with E-state index in [1.54, 1.807) is 0 Å². The Morgan fingerprint density at radius 1 is 1.33 bits per heavy atom. The molecule has 0 unspecified atom stereocenters. The quantitative estimate of drug-likeness (QED) is 0.743. The summed E-state index contributed by atoms with van der Waals surface area (Å²) in [7, 11) is 0. The van der Waals surface area contributed by atoms with Crippen LogP contribution in [-0.4, -0.2) is 9.97 Å². The van der Waals surface area contributed by atoms with Crippen LogP contribution >= 0.6 is 0 Å². The summed E-state index contributed by atoms with van der Waals surface area (Å²) < 4.78 is 0. The number of aryl methyl sites for hydroxylation is 1. The molecule has 2 aromatic rings. The van der Waals surface area contributed by atoms with E-state index < -0.39 is 0 Å². The molecule has 0 fully saturated rings. The van der Waals surface area contributed by atoms with Gasteiger partial charge in [0.25, 0.3) is 0 Å². The molecule has 2 heterocycles. The second-order valence-corrected chi connectivity index (χ2v) is 4.10. The van der Waals surface area contributed by atoms with Gasteiger partial charge in [-0.1, -0.05) is 20.8 Å². The van der Waals surface area contributed by atoms with Gasteiger partial charge in [0.15, 0.2) is 0 Å². The monoisotopic (exact) mass is 200 g/mol. The van der Waals surface area contributed by atoms with Gasteiger partial charge in [-0.05, 0) is 30.0 Å². The standard InChI is InChI=1S/C13H16N2/c1-4-12-11(9(2)3)7-10-5-6-14-8-13(10)15-12/h5-9H,4H2,1-3H3. The molecule has 0 amide bonds. The fraction of sp³-hybridized carbons (Fsp3) is 0.385. The van der Waals surface area contributed by atoms with E-state index in [2.05, 4.69) is 36.8 Å². The lowest BCUT2D eigenvalue weighted by Crippen LogP contribution is -1.99. The number of rotatable bonds is 2. The first kappa shape index (κ1) is 10.1. The van der Waals surface area contributed by atoms with E-state index in [0.29, 0.717) is 5.92 Å². The summed E-state index contributed by atoms with van der Waals surface area (Å²) in [5.41, 5.74) is 3.56. The summed E-state index contributed by atoms with van der Waals surface area (Å²) in [6.45, 7) is 6.57. The van der Waals surface area contributed by atoms with Crippen molar-refractivity contribution >= 4 is 10.9 Å². The molecule has 0 aromatic carbocycles. The molecule has 0 bridgehead atoms. The predicted octanol–water partition coefficient (Wildman–Crippen LogP) is 3.32. The minimum atomic E-state index is 0.532. The Bertz CT molecular complexity index is 475. The van der Waals surface area contributed by atoms with Crippen LogP contribution in [0.25, 0.3) is 10.9 Å². The summed E-state index contributed by atoms with van der Waals surface area (Å²) in [6, 6.07) is 4.27. The highest BCUT2D eigenvalue weighted by atomic mass is 14.7. The minimum Gasteiger partial charge on any atom is -0.262 e. The third-order valence-electron chi connectivity index (χ3n) is 2.69. The molecule has 0 N–H and O–H groups in total. The maximum absolute atomic E-state index is 4.65. The Labute approximate surface area is 90.4 Å². The molecule has 0 radical (unpaired) electrons. The van der Waals surface area contributed by atoms with Gasteiger partial charge in [0.1, 0.15) is 0 Å². The van der Waals surface area contributed by atoms with Crippen LogP contribution in [0.3, 0.4) is 0 Å². The summed E-state index contributed by atoms with van der Waals surface area (Å²) >= 11 is 0. The number of hydrogen-bond acceptors (Lipinski definition) is 2. The Morgan fingerprint density at radius 3 is 2.80 bits per heavy atom. The van der Waals surface area contributed by atoms with Crippen LogP contribution in [0.15, 0.2) is 24.5 Å². The zero-order valence-electron chi connectivity index (χ0n) is 9.49. The Balaban J connectivity index is 2.69. The molecule has 0 aliphatic heterocycles. The third-order valence-corrected chi connectivity index (χ3v) is 2.69. The van der Waals surface area contributed by atoms with Gasteiger partial charge in [0, 0.05) is 17.3 Å².